The summed E-state index contributed by atoms with van der Waals surface area (Å²) in [7, 11) is 1.13. The topological polar surface area (TPSA) is 75.6 Å². The summed E-state index contributed by atoms with van der Waals surface area (Å²) < 4.78 is 43.6. The van der Waals surface area contributed by atoms with E-state index in [0.717, 1.165) is 7.11 Å². The first-order chi connectivity index (χ1) is 9.29. The molecule has 1 amide bonds. The number of methoxy groups -OCH3 is 1. The first kappa shape index (κ1) is 16.3. The highest BCUT2D eigenvalue weighted by molar-refractivity contribution is 9.10. The number of carbonyl (C=O) groups is 2. The maximum absolute atomic E-state index is 13.4. The third-order valence-corrected chi connectivity index (χ3v) is 2.97. The number of ether oxygens (including phenoxy) is 1. The zero-order valence-electron chi connectivity index (χ0n) is 10.0. The Morgan fingerprint density at radius 3 is 2.55 bits per heavy atom. The summed E-state index contributed by atoms with van der Waals surface area (Å²) in [5.74, 6) is -8.34. The molecule has 2 N–H and O–H groups in total. The highest BCUT2D eigenvalue weighted by Gasteiger charge is 2.23. The number of amides is 1. The van der Waals surface area contributed by atoms with Gasteiger partial charge in [-0.2, -0.15) is 4.39 Å². The van der Waals surface area contributed by atoms with Crippen molar-refractivity contribution in [2.45, 2.75) is 4.83 Å². The number of hydrogen-bond acceptors (Lipinski definition) is 4. The molecule has 1 rings (SSSR count). The van der Waals surface area contributed by atoms with Gasteiger partial charge in [-0.05, 0) is 6.07 Å². The largest absolute Gasteiger partial charge is 0.503 e. The van der Waals surface area contributed by atoms with Gasteiger partial charge >= 0.3 is 5.97 Å². The first-order valence-electron chi connectivity index (χ1n) is 5.16. The van der Waals surface area contributed by atoms with Crippen LogP contribution in [0.3, 0.4) is 0 Å². The number of halogens is 4. The van der Waals surface area contributed by atoms with E-state index in [1.54, 1.807) is 0 Å². The third-order valence-electron chi connectivity index (χ3n) is 2.28. The van der Waals surface area contributed by atoms with Gasteiger partial charge in [-0.1, -0.05) is 15.9 Å². The van der Waals surface area contributed by atoms with Crippen LogP contribution in [0.15, 0.2) is 6.07 Å². The predicted molar refractivity (Wildman–Crippen MR) is 65.0 cm³/mol. The van der Waals surface area contributed by atoms with Crippen molar-refractivity contribution in [2.75, 3.05) is 13.7 Å². The van der Waals surface area contributed by atoms with Crippen LogP contribution in [-0.4, -0.2) is 35.5 Å². The molecule has 0 heterocycles. The molecule has 1 aromatic carbocycles. The van der Waals surface area contributed by atoms with E-state index in [1.165, 1.54) is 0 Å². The number of phenols is 1. The van der Waals surface area contributed by atoms with E-state index in [1.807, 2.05) is 0 Å². The zero-order valence-corrected chi connectivity index (χ0v) is 11.6. The van der Waals surface area contributed by atoms with Gasteiger partial charge in [-0.15, -0.1) is 0 Å². The van der Waals surface area contributed by atoms with Crippen molar-refractivity contribution < 1.29 is 32.6 Å². The van der Waals surface area contributed by atoms with E-state index in [0.29, 0.717) is 6.07 Å². The number of phenolic OH excluding ortho intramolecular Hbond substituents is 1. The normalized spacial score (nSPS) is 11.8. The molecule has 1 unspecified atom stereocenters. The Hall–Kier alpha value is -1.77. The fourth-order valence-electron chi connectivity index (χ4n) is 1.24. The lowest BCUT2D eigenvalue weighted by Gasteiger charge is -2.10. The van der Waals surface area contributed by atoms with Gasteiger partial charge in [-0.3, -0.25) is 9.59 Å². The second-order valence-electron chi connectivity index (χ2n) is 3.58. The summed E-state index contributed by atoms with van der Waals surface area (Å²) >= 11 is 2.90. The van der Waals surface area contributed by atoms with E-state index >= 15 is 0 Å². The molecule has 0 spiro atoms. The van der Waals surface area contributed by atoms with Crippen molar-refractivity contribution in [3.63, 3.8) is 0 Å². The van der Waals surface area contributed by atoms with E-state index < -0.39 is 45.5 Å². The van der Waals surface area contributed by atoms with Crippen LogP contribution in [0.4, 0.5) is 13.2 Å². The molecular weight excluding hydrogens is 347 g/mol. The van der Waals surface area contributed by atoms with Gasteiger partial charge in [0.05, 0.1) is 12.7 Å². The average molecular weight is 356 g/mol. The van der Waals surface area contributed by atoms with Crippen molar-refractivity contribution in [3.05, 3.63) is 29.1 Å². The summed E-state index contributed by atoms with van der Waals surface area (Å²) in [6.45, 7) is -0.273. The van der Waals surface area contributed by atoms with Crippen molar-refractivity contribution in [1.29, 1.82) is 0 Å². The standard InChI is InChI=1S/C11H9BrF3NO4/c1-20-11(19)5(12)3-16-10(18)4-2-6(13)8(15)9(17)7(4)14/h2,5,17H,3H2,1H3,(H,16,18). The molecule has 5 nitrogen and oxygen atoms in total. The minimum Gasteiger partial charge on any atom is -0.503 e. The quantitative estimate of drug-likeness (QED) is 0.487. The fourth-order valence-corrected chi connectivity index (χ4v) is 1.59. The summed E-state index contributed by atoms with van der Waals surface area (Å²) in [5, 5.41) is 11.1. The van der Waals surface area contributed by atoms with Crippen LogP contribution in [0, 0.1) is 17.5 Å². The van der Waals surface area contributed by atoms with Crippen molar-refractivity contribution >= 4 is 27.8 Å². The van der Waals surface area contributed by atoms with E-state index in [2.05, 4.69) is 26.0 Å². The Morgan fingerprint density at radius 1 is 1.40 bits per heavy atom. The molecular formula is C11H9BrF3NO4. The highest BCUT2D eigenvalue weighted by Crippen LogP contribution is 2.25. The molecule has 1 aromatic rings. The zero-order chi connectivity index (χ0) is 15.4. The first-order valence-corrected chi connectivity index (χ1v) is 6.07. The molecule has 0 aromatic heterocycles. The van der Waals surface area contributed by atoms with Gasteiger partial charge in [-0.25, -0.2) is 8.78 Å². The summed E-state index contributed by atoms with van der Waals surface area (Å²) in [6.07, 6.45) is 0. The number of rotatable bonds is 4. The number of carbonyl (C=O) groups excluding carboxylic acids is 2. The molecule has 0 radical (unpaired) electrons. The van der Waals surface area contributed by atoms with Gasteiger partial charge in [0.25, 0.3) is 5.91 Å². The van der Waals surface area contributed by atoms with Crippen molar-refractivity contribution in [1.82, 2.24) is 5.32 Å². The number of esters is 1. The number of alkyl halides is 1. The molecule has 1 atom stereocenters. The Balaban J connectivity index is 2.86. The molecule has 110 valence electrons. The molecule has 0 aliphatic heterocycles. The smallest absolute Gasteiger partial charge is 0.321 e. The number of benzene rings is 1. The van der Waals surface area contributed by atoms with E-state index in [-0.39, 0.29) is 6.54 Å². The van der Waals surface area contributed by atoms with Crippen molar-refractivity contribution in [2.24, 2.45) is 0 Å². The Kier molecular flexibility index (Phi) is 5.37. The van der Waals surface area contributed by atoms with Crippen LogP contribution in [0.2, 0.25) is 0 Å². The number of hydrogen-bond donors (Lipinski definition) is 2. The van der Waals surface area contributed by atoms with Gasteiger partial charge in [0.2, 0.25) is 5.82 Å². The van der Waals surface area contributed by atoms with Crippen molar-refractivity contribution in [3.8, 4) is 5.75 Å². The van der Waals surface area contributed by atoms with Crippen LogP contribution >= 0.6 is 15.9 Å². The SMILES string of the molecule is COC(=O)C(Br)CNC(=O)c1cc(F)c(F)c(O)c1F. The highest BCUT2D eigenvalue weighted by atomic mass is 79.9. The predicted octanol–water partition coefficient (Wildman–Crippen LogP) is 1.48. The van der Waals surface area contributed by atoms with Crippen LogP contribution in [-0.2, 0) is 9.53 Å². The lowest BCUT2D eigenvalue weighted by molar-refractivity contribution is -0.139. The second-order valence-corrected chi connectivity index (χ2v) is 4.69. The molecule has 0 saturated heterocycles. The van der Waals surface area contributed by atoms with Crippen LogP contribution in [0.25, 0.3) is 0 Å². The van der Waals surface area contributed by atoms with Gasteiger partial charge in [0.1, 0.15) is 4.83 Å². The Labute approximate surface area is 119 Å². The van der Waals surface area contributed by atoms with Gasteiger partial charge in [0, 0.05) is 6.54 Å². The molecule has 20 heavy (non-hydrogen) atoms. The molecule has 0 aliphatic carbocycles. The molecule has 0 aliphatic rings. The van der Waals surface area contributed by atoms with E-state index in [9.17, 15) is 22.8 Å². The van der Waals surface area contributed by atoms with Gasteiger partial charge < -0.3 is 15.2 Å². The fraction of sp³-hybridized carbons (Fsp3) is 0.273. The minimum absolute atomic E-state index is 0.273. The Morgan fingerprint density at radius 2 is 2.00 bits per heavy atom. The third kappa shape index (κ3) is 3.41. The maximum Gasteiger partial charge on any atom is 0.321 e. The summed E-state index contributed by atoms with van der Waals surface area (Å²) in [5.41, 5.74) is -0.883. The number of aromatic hydroxyl groups is 1. The van der Waals surface area contributed by atoms with Gasteiger partial charge in [0.15, 0.2) is 17.4 Å². The molecule has 0 bridgehead atoms. The Bertz CT molecular complexity index is 553. The van der Waals surface area contributed by atoms with E-state index in [4.69, 9.17) is 5.11 Å². The van der Waals surface area contributed by atoms with Crippen LogP contribution < -0.4 is 5.32 Å². The number of nitrogens with one attached hydrogen (secondary N) is 1. The monoisotopic (exact) mass is 355 g/mol. The summed E-state index contributed by atoms with van der Waals surface area (Å²) in [4.78, 5) is 21.7. The molecule has 0 saturated carbocycles. The lowest BCUT2D eigenvalue weighted by Crippen LogP contribution is -2.34. The average Bonchev–Trinajstić information content (AvgIpc) is 2.44. The maximum atomic E-state index is 13.4. The molecule has 0 fully saturated rings. The second kappa shape index (κ2) is 6.60. The molecule has 9 heteroatoms. The minimum atomic E-state index is -1.79. The summed E-state index contributed by atoms with van der Waals surface area (Å²) in [6, 6.07) is 0.307. The lowest BCUT2D eigenvalue weighted by atomic mass is 10.1. The van der Waals surface area contributed by atoms with Crippen LogP contribution in [0.5, 0.6) is 5.75 Å². The van der Waals surface area contributed by atoms with Crippen LogP contribution in [0.1, 0.15) is 10.4 Å².